The maximum atomic E-state index is 5.95. The molecule has 1 heterocycles. The predicted octanol–water partition coefficient (Wildman–Crippen LogP) is 0.755. The summed E-state index contributed by atoms with van der Waals surface area (Å²) in [5.74, 6) is 1.75. The van der Waals surface area contributed by atoms with Crippen LogP contribution in [0.5, 0.6) is 0 Å². The van der Waals surface area contributed by atoms with Gasteiger partial charge in [0.15, 0.2) is 0 Å². The quantitative estimate of drug-likeness (QED) is 0.572. The Morgan fingerprint density at radius 3 is 2.73 bits per heavy atom. The number of nitrogens with two attached hydrogens (primary N) is 1. The molecule has 1 saturated carbocycles. The van der Waals surface area contributed by atoms with Gasteiger partial charge in [0.1, 0.15) is 0 Å². The third-order valence-electron chi connectivity index (χ3n) is 3.10. The van der Waals surface area contributed by atoms with Gasteiger partial charge < -0.3 is 11.1 Å². The molecule has 2 aliphatic rings. The fraction of sp³-hybridized carbons (Fsp3) is 1.00. The first kappa shape index (κ1) is 9.30. The second kappa shape index (κ2) is 3.74. The van der Waals surface area contributed by atoms with E-state index in [-0.39, 0.29) is 12.4 Å². The van der Waals surface area contributed by atoms with Gasteiger partial charge >= 0.3 is 0 Å². The summed E-state index contributed by atoms with van der Waals surface area (Å²) in [7, 11) is 0. The summed E-state index contributed by atoms with van der Waals surface area (Å²) in [4.78, 5) is 0. The van der Waals surface area contributed by atoms with Crippen LogP contribution in [0.25, 0.3) is 0 Å². The average Bonchev–Trinajstić information content (AvgIpc) is 2.34. The first-order valence-corrected chi connectivity index (χ1v) is 4.34. The number of hydrogen-bond donors (Lipinski definition) is 2. The fourth-order valence-electron chi connectivity index (χ4n) is 2.42. The number of fused-ring (bicyclic) bond motifs is 1. The normalized spacial score (nSPS) is 42.8. The lowest BCUT2D eigenvalue weighted by molar-refractivity contribution is 0.278. The Kier molecular flexibility index (Phi) is 3.16. The highest BCUT2D eigenvalue weighted by atomic mass is 35.5. The Bertz CT molecular complexity index is 127. The van der Waals surface area contributed by atoms with E-state index in [0.29, 0.717) is 6.04 Å². The van der Waals surface area contributed by atoms with Crippen LogP contribution < -0.4 is 11.1 Å². The second-order valence-corrected chi connectivity index (χ2v) is 3.66. The topological polar surface area (TPSA) is 38.0 Å². The molecule has 0 unspecified atom stereocenters. The molecule has 1 aliphatic carbocycles. The Morgan fingerprint density at radius 2 is 2.00 bits per heavy atom. The average molecular weight is 177 g/mol. The largest absolute Gasteiger partial charge is 0.327 e. The first-order chi connectivity index (χ1) is 4.88. The molecular weight excluding hydrogens is 160 g/mol. The van der Waals surface area contributed by atoms with E-state index in [1.54, 1.807) is 0 Å². The first-order valence-electron chi connectivity index (χ1n) is 4.34. The lowest BCUT2D eigenvalue weighted by atomic mass is 9.88. The Labute approximate surface area is 74.3 Å². The lowest BCUT2D eigenvalue weighted by Crippen LogP contribution is -2.41. The van der Waals surface area contributed by atoms with Gasteiger partial charge in [0.05, 0.1) is 0 Å². The van der Waals surface area contributed by atoms with E-state index >= 15 is 0 Å². The number of halogens is 1. The van der Waals surface area contributed by atoms with Crippen molar-refractivity contribution in [2.24, 2.45) is 17.6 Å². The molecule has 1 aliphatic heterocycles. The molecule has 0 aromatic rings. The summed E-state index contributed by atoms with van der Waals surface area (Å²) >= 11 is 0. The molecule has 11 heavy (non-hydrogen) atoms. The lowest BCUT2D eigenvalue weighted by Gasteiger charge is -2.28. The molecule has 3 heteroatoms. The van der Waals surface area contributed by atoms with E-state index in [1.165, 1.54) is 32.4 Å². The highest BCUT2D eigenvalue weighted by molar-refractivity contribution is 5.85. The van der Waals surface area contributed by atoms with Crippen LogP contribution >= 0.6 is 12.4 Å². The van der Waals surface area contributed by atoms with Crippen LogP contribution in [0.1, 0.15) is 19.3 Å². The van der Waals surface area contributed by atoms with Crippen molar-refractivity contribution in [3.8, 4) is 0 Å². The maximum absolute atomic E-state index is 5.95. The zero-order valence-electron chi connectivity index (χ0n) is 6.75. The highest BCUT2D eigenvalue weighted by Gasteiger charge is 2.34. The van der Waals surface area contributed by atoms with E-state index in [2.05, 4.69) is 5.32 Å². The molecule has 2 fully saturated rings. The van der Waals surface area contributed by atoms with Crippen molar-refractivity contribution >= 4 is 12.4 Å². The SMILES string of the molecule is Cl.N[C@@H]1CC[C@H]2CCNC[C@H]21. The van der Waals surface area contributed by atoms with Gasteiger partial charge in [0, 0.05) is 6.04 Å². The molecule has 0 radical (unpaired) electrons. The van der Waals surface area contributed by atoms with E-state index in [4.69, 9.17) is 5.73 Å². The molecule has 0 spiro atoms. The van der Waals surface area contributed by atoms with Gasteiger partial charge in [-0.1, -0.05) is 0 Å². The van der Waals surface area contributed by atoms with Crippen molar-refractivity contribution in [1.29, 1.82) is 0 Å². The summed E-state index contributed by atoms with van der Waals surface area (Å²) < 4.78 is 0. The number of piperidine rings is 1. The van der Waals surface area contributed by atoms with Crippen LogP contribution in [0.4, 0.5) is 0 Å². The van der Waals surface area contributed by atoms with Gasteiger partial charge in [0.25, 0.3) is 0 Å². The molecule has 0 amide bonds. The molecule has 0 aromatic heterocycles. The van der Waals surface area contributed by atoms with Crippen LogP contribution in [-0.4, -0.2) is 19.1 Å². The number of rotatable bonds is 0. The summed E-state index contributed by atoms with van der Waals surface area (Å²) in [5.41, 5.74) is 5.95. The minimum absolute atomic E-state index is 0. The minimum Gasteiger partial charge on any atom is -0.327 e. The van der Waals surface area contributed by atoms with E-state index in [1.807, 2.05) is 0 Å². The highest BCUT2D eigenvalue weighted by Crippen LogP contribution is 2.34. The van der Waals surface area contributed by atoms with Crippen molar-refractivity contribution in [1.82, 2.24) is 5.32 Å². The molecule has 66 valence electrons. The van der Waals surface area contributed by atoms with Crippen LogP contribution in [0.3, 0.4) is 0 Å². The van der Waals surface area contributed by atoms with Crippen LogP contribution in [-0.2, 0) is 0 Å². The molecule has 1 saturated heterocycles. The van der Waals surface area contributed by atoms with Crippen molar-refractivity contribution in [3.05, 3.63) is 0 Å². The molecule has 2 rings (SSSR count). The van der Waals surface area contributed by atoms with E-state index in [9.17, 15) is 0 Å². The Hall–Kier alpha value is 0.210. The molecule has 3 N–H and O–H groups in total. The Morgan fingerprint density at radius 1 is 1.18 bits per heavy atom. The van der Waals surface area contributed by atoms with Gasteiger partial charge in [0.2, 0.25) is 0 Å². The van der Waals surface area contributed by atoms with Crippen LogP contribution in [0.15, 0.2) is 0 Å². The van der Waals surface area contributed by atoms with Crippen molar-refractivity contribution in [2.45, 2.75) is 25.3 Å². The van der Waals surface area contributed by atoms with Gasteiger partial charge in [-0.05, 0) is 44.2 Å². The summed E-state index contributed by atoms with van der Waals surface area (Å²) in [6.07, 6.45) is 4.00. The zero-order chi connectivity index (χ0) is 6.97. The van der Waals surface area contributed by atoms with Crippen LogP contribution in [0, 0.1) is 11.8 Å². The standard InChI is InChI=1S/C8H16N2.ClH/c9-8-2-1-6-3-4-10-5-7(6)8;/h6-8,10H,1-5,9H2;1H/t6-,7+,8+;/m0./s1. The summed E-state index contributed by atoms with van der Waals surface area (Å²) in [5, 5.41) is 3.41. The zero-order valence-corrected chi connectivity index (χ0v) is 7.57. The van der Waals surface area contributed by atoms with Gasteiger partial charge in [-0.15, -0.1) is 12.4 Å². The molecule has 0 bridgehead atoms. The monoisotopic (exact) mass is 176 g/mol. The molecular formula is C8H17ClN2. The molecule has 3 atom stereocenters. The third kappa shape index (κ3) is 1.68. The maximum Gasteiger partial charge on any atom is 0.00820 e. The van der Waals surface area contributed by atoms with E-state index in [0.717, 1.165) is 11.8 Å². The third-order valence-corrected chi connectivity index (χ3v) is 3.10. The van der Waals surface area contributed by atoms with Crippen molar-refractivity contribution in [3.63, 3.8) is 0 Å². The Balaban J connectivity index is 0.000000605. The fourth-order valence-corrected chi connectivity index (χ4v) is 2.42. The number of hydrogen-bond acceptors (Lipinski definition) is 2. The van der Waals surface area contributed by atoms with Crippen molar-refractivity contribution < 1.29 is 0 Å². The second-order valence-electron chi connectivity index (χ2n) is 3.66. The van der Waals surface area contributed by atoms with Crippen molar-refractivity contribution in [2.75, 3.05) is 13.1 Å². The summed E-state index contributed by atoms with van der Waals surface area (Å²) in [6, 6.07) is 0.498. The van der Waals surface area contributed by atoms with Gasteiger partial charge in [-0.25, -0.2) is 0 Å². The predicted molar refractivity (Wildman–Crippen MR) is 48.9 cm³/mol. The minimum atomic E-state index is 0. The molecule has 2 nitrogen and oxygen atoms in total. The van der Waals surface area contributed by atoms with Gasteiger partial charge in [-0.3, -0.25) is 0 Å². The smallest absolute Gasteiger partial charge is 0.00820 e. The number of nitrogens with one attached hydrogen (secondary N) is 1. The van der Waals surface area contributed by atoms with Gasteiger partial charge in [-0.2, -0.15) is 0 Å². The van der Waals surface area contributed by atoms with E-state index < -0.39 is 0 Å². The van der Waals surface area contributed by atoms with Crippen LogP contribution in [0.2, 0.25) is 0 Å². The summed E-state index contributed by atoms with van der Waals surface area (Å²) in [6.45, 7) is 2.39. The molecule has 0 aromatic carbocycles.